The number of thiophene rings is 1. The van der Waals surface area contributed by atoms with E-state index in [9.17, 15) is 0 Å². The van der Waals surface area contributed by atoms with Crippen LogP contribution in [0.3, 0.4) is 0 Å². The molecule has 248 valence electrons. The summed E-state index contributed by atoms with van der Waals surface area (Å²) in [5.74, 6) is 2.36. The van der Waals surface area contributed by atoms with Gasteiger partial charge in [-0.2, -0.15) is 0 Å². The lowest BCUT2D eigenvalue weighted by atomic mass is 10.1. The summed E-state index contributed by atoms with van der Waals surface area (Å²) in [6.07, 6.45) is 0. The smallest absolute Gasteiger partial charge is 0.227 e. The predicted molar refractivity (Wildman–Crippen MR) is 216 cm³/mol. The van der Waals surface area contributed by atoms with Crippen molar-refractivity contribution in [1.82, 2.24) is 24.5 Å². The molecule has 0 unspecified atom stereocenters. The summed E-state index contributed by atoms with van der Waals surface area (Å²) < 4.78 is 11.2. The molecule has 7 aromatic carbocycles. The minimum Gasteiger partial charge on any atom is -0.436 e. The van der Waals surface area contributed by atoms with Gasteiger partial charge in [-0.15, -0.1) is 11.3 Å². The van der Waals surface area contributed by atoms with Gasteiger partial charge in [0, 0.05) is 58.9 Å². The number of hydrogen-bond acceptors (Lipinski definition) is 6. The molecule has 7 heteroatoms. The number of benzene rings is 7. The van der Waals surface area contributed by atoms with Gasteiger partial charge in [0.25, 0.3) is 0 Å². The van der Waals surface area contributed by atoms with Gasteiger partial charge in [0.05, 0.1) is 11.0 Å². The number of aromatic nitrogens is 5. The van der Waals surface area contributed by atoms with E-state index in [0.717, 1.165) is 49.9 Å². The zero-order valence-electron chi connectivity index (χ0n) is 28.1. The van der Waals surface area contributed by atoms with Gasteiger partial charge in [0.1, 0.15) is 5.52 Å². The van der Waals surface area contributed by atoms with E-state index in [0.29, 0.717) is 28.9 Å². The molecule has 4 aromatic heterocycles. The zero-order chi connectivity index (χ0) is 34.9. The average Bonchev–Trinajstić information content (AvgIpc) is 3.93. The summed E-state index contributed by atoms with van der Waals surface area (Å²) in [4.78, 5) is 20.1. The standard InChI is InChI=1S/C46H27N5OS/c1-2-12-28(13-3-1)43-48-44(50-45(49-43)35-19-11-23-41-42(35)34-18-6-9-22-40(34)53-41)29-24-25-36-39(27-29)52-46(47-36)30-14-10-15-31(26-30)51-37-20-7-4-16-32(37)33-17-5-8-21-38(33)51/h1-27H. The maximum Gasteiger partial charge on any atom is 0.227 e. The Morgan fingerprint density at radius 3 is 1.91 bits per heavy atom. The first-order valence-corrected chi connectivity index (χ1v) is 18.3. The lowest BCUT2D eigenvalue weighted by Crippen LogP contribution is -2.00. The third-order valence-corrected chi connectivity index (χ3v) is 11.0. The van der Waals surface area contributed by atoms with E-state index >= 15 is 0 Å². The first-order valence-electron chi connectivity index (χ1n) is 17.5. The number of hydrogen-bond donors (Lipinski definition) is 0. The van der Waals surface area contributed by atoms with Crippen LogP contribution in [0.1, 0.15) is 0 Å². The van der Waals surface area contributed by atoms with Crippen LogP contribution in [0.5, 0.6) is 0 Å². The number of fused-ring (bicyclic) bond motifs is 7. The summed E-state index contributed by atoms with van der Waals surface area (Å²) in [5.41, 5.74) is 8.40. The third kappa shape index (κ3) is 4.86. The lowest BCUT2D eigenvalue weighted by Gasteiger charge is -2.09. The molecular formula is C46H27N5OS. The van der Waals surface area contributed by atoms with Gasteiger partial charge in [-0.05, 0) is 60.7 Å². The van der Waals surface area contributed by atoms with Crippen molar-refractivity contribution in [1.29, 1.82) is 0 Å². The Hall–Kier alpha value is -6.96. The van der Waals surface area contributed by atoms with Crippen LogP contribution in [0.4, 0.5) is 0 Å². The minimum absolute atomic E-state index is 0.553. The van der Waals surface area contributed by atoms with Crippen LogP contribution in [0, 0.1) is 0 Å². The fourth-order valence-electron chi connectivity index (χ4n) is 7.47. The molecule has 11 aromatic rings. The van der Waals surface area contributed by atoms with Gasteiger partial charge in [0.15, 0.2) is 23.1 Å². The number of oxazole rings is 1. The Balaban J connectivity index is 1.04. The van der Waals surface area contributed by atoms with Crippen LogP contribution < -0.4 is 0 Å². The van der Waals surface area contributed by atoms with Crippen molar-refractivity contribution in [2.75, 3.05) is 0 Å². The van der Waals surface area contributed by atoms with E-state index in [4.69, 9.17) is 24.4 Å². The minimum atomic E-state index is 0.553. The van der Waals surface area contributed by atoms with Crippen LogP contribution in [-0.4, -0.2) is 24.5 Å². The summed E-state index contributed by atoms with van der Waals surface area (Å²) in [6.45, 7) is 0. The molecule has 0 aliphatic rings. The molecule has 0 aliphatic heterocycles. The Labute approximate surface area is 307 Å². The second-order valence-corrected chi connectivity index (χ2v) is 14.2. The highest BCUT2D eigenvalue weighted by Gasteiger charge is 2.19. The van der Waals surface area contributed by atoms with Gasteiger partial charge in [-0.1, -0.05) is 103 Å². The van der Waals surface area contributed by atoms with Crippen molar-refractivity contribution in [3.05, 3.63) is 164 Å². The quantitative estimate of drug-likeness (QED) is 0.179. The van der Waals surface area contributed by atoms with Gasteiger partial charge < -0.3 is 8.98 Å². The van der Waals surface area contributed by atoms with Crippen LogP contribution in [0.25, 0.3) is 104 Å². The monoisotopic (exact) mass is 697 g/mol. The number of nitrogens with zero attached hydrogens (tertiary/aromatic N) is 5. The highest BCUT2D eigenvalue weighted by atomic mass is 32.1. The normalized spacial score (nSPS) is 11.8. The average molecular weight is 698 g/mol. The molecule has 4 heterocycles. The van der Waals surface area contributed by atoms with E-state index in [1.54, 1.807) is 11.3 Å². The van der Waals surface area contributed by atoms with E-state index in [1.807, 2.05) is 54.6 Å². The fourth-order valence-corrected chi connectivity index (χ4v) is 8.60. The molecule has 0 spiro atoms. The molecule has 0 saturated heterocycles. The molecule has 0 atom stereocenters. The molecule has 0 N–H and O–H groups in total. The second-order valence-electron chi connectivity index (χ2n) is 13.1. The fraction of sp³-hybridized carbons (Fsp3) is 0. The number of rotatable bonds is 5. The van der Waals surface area contributed by atoms with E-state index in [1.165, 1.54) is 25.6 Å². The summed E-state index contributed by atoms with van der Waals surface area (Å²) in [5, 5.41) is 4.80. The molecular weight excluding hydrogens is 671 g/mol. The van der Waals surface area contributed by atoms with Crippen LogP contribution in [0.15, 0.2) is 168 Å². The predicted octanol–water partition coefficient (Wildman–Crippen LogP) is 12.1. The summed E-state index contributed by atoms with van der Waals surface area (Å²) in [6, 6.07) is 56.3. The van der Waals surface area contributed by atoms with Crippen LogP contribution in [-0.2, 0) is 0 Å². The first kappa shape index (κ1) is 29.7. The molecule has 0 radical (unpaired) electrons. The molecule has 0 bridgehead atoms. The highest BCUT2D eigenvalue weighted by molar-refractivity contribution is 7.25. The molecule has 0 amide bonds. The van der Waals surface area contributed by atoms with Gasteiger partial charge in [-0.25, -0.2) is 19.9 Å². The topological polar surface area (TPSA) is 69.6 Å². The molecule has 6 nitrogen and oxygen atoms in total. The molecule has 0 fully saturated rings. The number of para-hydroxylation sites is 2. The second kappa shape index (κ2) is 11.8. The Morgan fingerprint density at radius 1 is 0.453 bits per heavy atom. The molecule has 11 rings (SSSR count). The molecule has 0 saturated carbocycles. The van der Waals surface area contributed by atoms with E-state index in [2.05, 4.69) is 114 Å². The first-order chi connectivity index (χ1) is 26.2. The van der Waals surface area contributed by atoms with Crippen LogP contribution >= 0.6 is 11.3 Å². The maximum absolute atomic E-state index is 6.50. The van der Waals surface area contributed by atoms with Gasteiger partial charge in [-0.3, -0.25) is 0 Å². The maximum atomic E-state index is 6.50. The van der Waals surface area contributed by atoms with Crippen molar-refractivity contribution in [2.45, 2.75) is 0 Å². The zero-order valence-corrected chi connectivity index (χ0v) is 29.0. The van der Waals surface area contributed by atoms with Crippen molar-refractivity contribution in [2.24, 2.45) is 0 Å². The molecule has 0 aliphatic carbocycles. The highest BCUT2D eigenvalue weighted by Crippen LogP contribution is 2.40. The van der Waals surface area contributed by atoms with Gasteiger partial charge in [0.2, 0.25) is 5.89 Å². The van der Waals surface area contributed by atoms with Crippen molar-refractivity contribution in [3.63, 3.8) is 0 Å². The van der Waals surface area contributed by atoms with Crippen molar-refractivity contribution >= 4 is 64.4 Å². The third-order valence-electron chi connectivity index (χ3n) is 9.89. The summed E-state index contributed by atoms with van der Waals surface area (Å²) >= 11 is 1.78. The Bertz CT molecular complexity index is 3140. The van der Waals surface area contributed by atoms with E-state index < -0.39 is 0 Å². The molecule has 53 heavy (non-hydrogen) atoms. The SMILES string of the molecule is c1ccc(-c2nc(-c3ccc4nc(-c5cccc(-n6c7ccccc7c7ccccc76)c5)oc4c3)nc(-c3cccc4sc5ccccc5c34)n2)cc1. The largest absolute Gasteiger partial charge is 0.436 e. The van der Waals surface area contributed by atoms with Crippen LogP contribution in [0.2, 0.25) is 0 Å². The Morgan fingerprint density at radius 2 is 1.09 bits per heavy atom. The summed E-state index contributed by atoms with van der Waals surface area (Å²) in [7, 11) is 0. The van der Waals surface area contributed by atoms with E-state index in [-0.39, 0.29) is 0 Å². The van der Waals surface area contributed by atoms with Crippen molar-refractivity contribution < 1.29 is 4.42 Å². The van der Waals surface area contributed by atoms with Crippen molar-refractivity contribution in [3.8, 4) is 51.3 Å². The lowest BCUT2D eigenvalue weighted by molar-refractivity contribution is 0.620. The Kier molecular flexibility index (Phi) is 6.62. The van der Waals surface area contributed by atoms with Gasteiger partial charge >= 0.3 is 0 Å².